The van der Waals surface area contributed by atoms with E-state index in [2.05, 4.69) is 27.3 Å². The number of anilines is 1. The van der Waals surface area contributed by atoms with Crippen LogP contribution in [-0.2, 0) is 9.47 Å². The second kappa shape index (κ2) is 8.97. The SMILES string of the molecule is CCOC(CNC1CCN(c2ccncc2)CC1)OCC. The topological polar surface area (TPSA) is 46.6 Å². The van der Waals surface area contributed by atoms with Crippen molar-refractivity contribution in [2.45, 2.75) is 39.0 Å². The van der Waals surface area contributed by atoms with Crippen LogP contribution in [0.4, 0.5) is 5.69 Å². The highest BCUT2D eigenvalue weighted by Gasteiger charge is 2.20. The van der Waals surface area contributed by atoms with Gasteiger partial charge in [0.1, 0.15) is 0 Å². The molecule has 21 heavy (non-hydrogen) atoms. The molecule has 0 spiro atoms. The third kappa shape index (κ3) is 5.26. The molecule has 1 fully saturated rings. The van der Waals surface area contributed by atoms with E-state index in [-0.39, 0.29) is 6.29 Å². The van der Waals surface area contributed by atoms with Gasteiger partial charge in [0, 0.05) is 57.0 Å². The van der Waals surface area contributed by atoms with Crippen molar-refractivity contribution >= 4 is 5.69 Å². The first-order chi connectivity index (χ1) is 10.3. The van der Waals surface area contributed by atoms with E-state index in [1.807, 2.05) is 26.2 Å². The van der Waals surface area contributed by atoms with E-state index in [9.17, 15) is 0 Å². The molecule has 0 radical (unpaired) electrons. The van der Waals surface area contributed by atoms with E-state index in [1.54, 1.807) is 0 Å². The molecule has 5 heteroatoms. The molecule has 2 heterocycles. The zero-order chi connectivity index (χ0) is 14.9. The maximum atomic E-state index is 5.56. The summed E-state index contributed by atoms with van der Waals surface area (Å²) in [6, 6.07) is 4.70. The number of nitrogens with zero attached hydrogens (tertiary/aromatic N) is 2. The molecule has 0 aromatic carbocycles. The normalized spacial score (nSPS) is 16.6. The molecule has 1 aliphatic rings. The third-order valence-corrected chi connectivity index (χ3v) is 3.80. The van der Waals surface area contributed by atoms with Crippen LogP contribution in [0.5, 0.6) is 0 Å². The molecule has 5 nitrogen and oxygen atoms in total. The third-order valence-electron chi connectivity index (χ3n) is 3.80. The molecule has 0 bridgehead atoms. The van der Waals surface area contributed by atoms with Crippen LogP contribution in [0.2, 0.25) is 0 Å². The number of pyridine rings is 1. The largest absolute Gasteiger partial charge is 0.371 e. The van der Waals surface area contributed by atoms with Crippen molar-refractivity contribution in [3.05, 3.63) is 24.5 Å². The summed E-state index contributed by atoms with van der Waals surface area (Å²) in [6.07, 6.45) is 5.88. The Balaban J connectivity index is 1.71. The summed E-state index contributed by atoms with van der Waals surface area (Å²) >= 11 is 0. The minimum absolute atomic E-state index is 0.127. The standard InChI is InChI=1S/C16H27N3O2/c1-3-20-16(21-4-2)13-18-14-7-11-19(12-8-14)15-5-9-17-10-6-15/h5-6,9-10,14,16,18H,3-4,7-8,11-13H2,1-2H3. The van der Waals surface area contributed by atoms with Crippen LogP contribution < -0.4 is 10.2 Å². The average Bonchev–Trinajstić information content (AvgIpc) is 2.54. The smallest absolute Gasteiger partial charge is 0.169 e. The van der Waals surface area contributed by atoms with E-state index < -0.39 is 0 Å². The fourth-order valence-electron chi connectivity index (χ4n) is 2.70. The van der Waals surface area contributed by atoms with Gasteiger partial charge in [-0.3, -0.25) is 4.98 Å². The Labute approximate surface area is 127 Å². The van der Waals surface area contributed by atoms with Gasteiger partial charge in [0.2, 0.25) is 0 Å². The molecule has 1 aliphatic heterocycles. The first-order valence-corrected chi connectivity index (χ1v) is 7.95. The summed E-state index contributed by atoms with van der Waals surface area (Å²) < 4.78 is 11.1. The molecule has 2 rings (SSSR count). The van der Waals surface area contributed by atoms with E-state index in [0.29, 0.717) is 19.3 Å². The van der Waals surface area contributed by atoms with Crippen molar-refractivity contribution in [1.82, 2.24) is 10.3 Å². The van der Waals surface area contributed by atoms with Crippen molar-refractivity contribution in [2.75, 3.05) is 37.7 Å². The van der Waals surface area contributed by atoms with Gasteiger partial charge in [-0.05, 0) is 38.8 Å². The van der Waals surface area contributed by atoms with Gasteiger partial charge >= 0.3 is 0 Å². The van der Waals surface area contributed by atoms with Crippen LogP contribution in [0.3, 0.4) is 0 Å². The maximum Gasteiger partial charge on any atom is 0.169 e. The minimum Gasteiger partial charge on any atom is -0.371 e. The van der Waals surface area contributed by atoms with Crippen LogP contribution in [0.1, 0.15) is 26.7 Å². The van der Waals surface area contributed by atoms with Crippen molar-refractivity contribution in [1.29, 1.82) is 0 Å². The predicted octanol–water partition coefficient (Wildman–Crippen LogP) is 2.04. The lowest BCUT2D eigenvalue weighted by molar-refractivity contribution is -0.133. The van der Waals surface area contributed by atoms with E-state index in [0.717, 1.165) is 32.5 Å². The Hall–Kier alpha value is -1.17. The van der Waals surface area contributed by atoms with Gasteiger partial charge in [-0.15, -0.1) is 0 Å². The van der Waals surface area contributed by atoms with Gasteiger partial charge < -0.3 is 19.7 Å². The summed E-state index contributed by atoms with van der Waals surface area (Å²) in [6.45, 7) is 8.30. The van der Waals surface area contributed by atoms with Gasteiger partial charge in [0.05, 0.1) is 0 Å². The number of rotatable bonds is 8. The molecule has 0 unspecified atom stereocenters. The molecule has 118 valence electrons. The zero-order valence-corrected chi connectivity index (χ0v) is 13.1. The van der Waals surface area contributed by atoms with Crippen LogP contribution in [0.15, 0.2) is 24.5 Å². The lowest BCUT2D eigenvalue weighted by Gasteiger charge is -2.34. The van der Waals surface area contributed by atoms with E-state index in [1.165, 1.54) is 5.69 Å². The fraction of sp³-hybridized carbons (Fsp3) is 0.688. The van der Waals surface area contributed by atoms with Gasteiger partial charge in [0.25, 0.3) is 0 Å². The molecule has 0 atom stereocenters. The van der Waals surface area contributed by atoms with Crippen molar-refractivity contribution in [2.24, 2.45) is 0 Å². The molecule has 1 aromatic rings. The molecule has 0 amide bonds. The van der Waals surface area contributed by atoms with E-state index >= 15 is 0 Å². The van der Waals surface area contributed by atoms with Crippen LogP contribution >= 0.6 is 0 Å². The fourth-order valence-corrected chi connectivity index (χ4v) is 2.70. The Morgan fingerprint density at radius 3 is 2.38 bits per heavy atom. The van der Waals surface area contributed by atoms with Gasteiger partial charge in [-0.1, -0.05) is 0 Å². The lowest BCUT2D eigenvalue weighted by Crippen LogP contribution is -2.45. The highest BCUT2D eigenvalue weighted by atomic mass is 16.7. The highest BCUT2D eigenvalue weighted by molar-refractivity contribution is 5.44. The molecular formula is C16H27N3O2. The quantitative estimate of drug-likeness (QED) is 0.743. The minimum atomic E-state index is -0.127. The highest BCUT2D eigenvalue weighted by Crippen LogP contribution is 2.18. The van der Waals surface area contributed by atoms with Crippen molar-refractivity contribution in [3.63, 3.8) is 0 Å². The second-order valence-electron chi connectivity index (χ2n) is 5.22. The maximum absolute atomic E-state index is 5.56. The lowest BCUT2D eigenvalue weighted by atomic mass is 10.0. The number of hydrogen-bond donors (Lipinski definition) is 1. The number of nitrogens with one attached hydrogen (secondary N) is 1. The molecular weight excluding hydrogens is 266 g/mol. The monoisotopic (exact) mass is 293 g/mol. The van der Waals surface area contributed by atoms with Gasteiger partial charge in [-0.25, -0.2) is 0 Å². The van der Waals surface area contributed by atoms with Crippen LogP contribution in [0, 0.1) is 0 Å². The van der Waals surface area contributed by atoms with Crippen molar-refractivity contribution in [3.8, 4) is 0 Å². The predicted molar refractivity (Wildman–Crippen MR) is 84.5 cm³/mol. The Bertz CT molecular complexity index is 374. The Kier molecular flexibility index (Phi) is 6.92. The molecule has 1 aromatic heterocycles. The Morgan fingerprint density at radius 1 is 1.19 bits per heavy atom. The van der Waals surface area contributed by atoms with Crippen LogP contribution in [0.25, 0.3) is 0 Å². The van der Waals surface area contributed by atoms with E-state index in [4.69, 9.17) is 9.47 Å². The van der Waals surface area contributed by atoms with Gasteiger partial charge in [-0.2, -0.15) is 0 Å². The summed E-state index contributed by atoms with van der Waals surface area (Å²) in [4.78, 5) is 6.49. The summed E-state index contributed by atoms with van der Waals surface area (Å²) in [5.41, 5.74) is 1.27. The van der Waals surface area contributed by atoms with Crippen molar-refractivity contribution < 1.29 is 9.47 Å². The average molecular weight is 293 g/mol. The number of hydrogen-bond acceptors (Lipinski definition) is 5. The molecule has 1 N–H and O–H groups in total. The summed E-state index contributed by atoms with van der Waals surface area (Å²) in [5, 5.41) is 3.57. The number of ether oxygens (including phenoxy) is 2. The first kappa shape index (κ1) is 16.2. The molecule has 1 saturated heterocycles. The first-order valence-electron chi connectivity index (χ1n) is 7.95. The second-order valence-corrected chi connectivity index (χ2v) is 5.22. The number of piperidine rings is 1. The number of aromatic nitrogens is 1. The van der Waals surface area contributed by atoms with Crippen LogP contribution in [-0.4, -0.2) is 50.2 Å². The zero-order valence-electron chi connectivity index (χ0n) is 13.1. The molecule has 0 saturated carbocycles. The Morgan fingerprint density at radius 2 is 1.81 bits per heavy atom. The summed E-state index contributed by atoms with van der Waals surface area (Å²) in [7, 11) is 0. The van der Waals surface area contributed by atoms with Gasteiger partial charge in [0.15, 0.2) is 6.29 Å². The summed E-state index contributed by atoms with van der Waals surface area (Å²) in [5.74, 6) is 0. The molecule has 0 aliphatic carbocycles.